The van der Waals surface area contributed by atoms with E-state index >= 15 is 0 Å². The normalized spacial score (nSPS) is 12.9. The van der Waals surface area contributed by atoms with Crippen molar-refractivity contribution in [3.63, 3.8) is 0 Å². The highest BCUT2D eigenvalue weighted by Crippen LogP contribution is 2.17. The maximum Gasteiger partial charge on any atom is 0.295 e. The van der Waals surface area contributed by atoms with E-state index in [-0.39, 0.29) is 6.10 Å². The Kier molecular flexibility index (Phi) is 3.41. The average molecular weight is 220 g/mol. The van der Waals surface area contributed by atoms with E-state index in [0.717, 1.165) is 30.5 Å². The van der Waals surface area contributed by atoms with Gasteiger partial charge in [-0.3, -0.25) is 0 Å². The monoisotopic (exact) mass is 220 g/mol. The van der Waals surface area contributed by atoms with Crippen LogP contribution in [0.5, 0.6) is 0 Å². The molecule has 1 aromatic carbocycles. The fourth-order valence-electron chi connectivity index (χ4n) is 1.54. The Balaban J connectivity index is 1.89. The van der Waals surface area contributed by atoms with Crippen molar-refractivity contribution in [3.8, 4) is 0 Å². The Morgan fingerprint density at radius 1 is 1.44 bits per heavy atom. The third-order valence-corrected chi connectivity index (χ3v) is 2.37. The van der Waals surface area contributed by atoms with Crippen molar-refractivity contribution >= 4 is 17.1 Å². The first-order chi connectivity index (χ1) is 7.75. The smallest absolute Gasteiger partial charge is 0.295 e. The molecule has 1 heterocycles. The lowest BCUT2D eigenvalue weighted by atomic mass is 10.2. The molecule has 1 unspecified atom stereocenters. The number of benzene rings is 1. The van der Waals surface area contributed by atoms with Crippen molar-refractivity contribution in [2.24, 2.45) is 0 Å². The molecule has 0 radical (unpaired) electrons. The number of para-hydroxylation sites is 2. The summed E-state index contributed by atoms with van der Waals surface area (Å²) < 4.78 is 5.49. The van der Waals surface area contributed by atoms with Gasteiger partial charge in [-0.2, -0.15) is 4.98 Å². The Hall–Kier alpha value is -1.55. The second-order valence-electron chi connectivity index (χ2n) is 3.90. The molecule has 0 aliphatic heterocycles. The van der Waals surface area contributed by atoms with Crippen molar-refractivity contribution in [2.45, 2.75) is 25.9 Å². The highest BCUT2D eigenvalue weighted by Gasteiger charge is 2.03. The second kappa shape index (κ2) is 4.99. The molecule has 0 aliphatic rings. The lowest BCUT2D eigenvalue weighted by Gasteiger charge is -2.03. The Bertz CT molecular complexity index is 418. The molecular formula is C12H16N2O2. The molecule has 0 fully saturated rings. The van der Waals surface area contributed by atoms with Gasteiger partial charge in [0.25, 0.3) is 6.01 Å². The third-order valence-electron chi connectivity index (χ3n) is 2.37. The molecule has 1 atom stereocenters. The van der Waals surface area contributed by atoms with Crippen molar-refractivity contribution < 1.29 is 9.52 Å². The molecule has 0 saturated heterocycles. The predicted molar refractivity (Wildman–Crippen MR) is 63.4 cm³/mol. The summed E-state index contributed by atoms with van der Waals surface area (Å²) in [5.41, 5.74) is 1.65. The number of aliphatic hydroxyl groups is 1. The average Bonchev–Trinajstić information content (AvgIpc) is 2.66. The minimum Gasteiger partial charge on any atom is -0.424 e. The first-order valence-corrected chi connectivity index (χ1v) is 5.53. The van der Waals surface area contributed by atoms with Crippen molar-refractivity contribution in [1.82, 2.24) is 4.98 Å². The fraction of sp³-hybridized carbons (Fsp3) is 0.417. The molecule has 2 rings (SSSR count). The minimum atomic E-state index is -0.245. The van der Waals surface area contributed by atoms with E-state index in [4.69, 9.17) is 9.52 Å². The number of hydrogen-bond donors (Lipinski definition) is 2. The molecule has 0 aliphatic carbocycles. The van der Waals surface area contributed by atoms with Gasteiger partial charge >= 0.3 is 0 Å². The van der Waals surface area contributed by atoms with Gasteiger partial charge in [0.1, 0.15) is 5.52 Å². The molecule has 2 N–H and O–H groups in total. The van der Waals surface area contributed by atoms with Gasteiger partial charge in [0.05, 0.1) is 6.10 Å². The first-order valence-electron chi connectivity index (χ1n) is 5.53. The quantitative estimate of drug-likeness (QED) is 0.760. The van der Waals surface area contributed by atoms with Gasteiger partial charge in [-0.05, 0) is 31.9 Å². The second-order valence-corrected chi connectivity index (χ2v) is 3.90. The maximum atomic E-state index is 9.10. The number of hydrogen-bond acceptors (Lipinski definition) is 4. The zero-order valence-electron chi connectivity index (χ0n) is 9.31. The Morgan fingerprint density at radius 2 is 2.25 bits per heavy atom. The first kappa shape index (κ1) is 11.0. The van der Waals surface area contributed by atoms with Crippen molar-refractivity contribution in [3.05, 3.63) is 24.3 Å². The highest BCUT2D eigenvalue weighted by atomic mass is 16.4. The van der Waals surface area contributed by atoms with Gasteiger partial charge < -0.3 is 14.8 Å². The number of fused-ring (bicyclic) bond motifs is 1. The number of nitrogens with zero attached hydrogens (tertiary/aromatic N) is 1. The van der Waals surface area contributed by atoms with Crippen LogP contribution in [0.25, 0.3) is 11.1 Å². The summed E-state index contributed by atoms with van der Waals surface area (Å²) in [4.78, 5) is 4.29. The summed E-state index contributed by atoms with van der Waals surface area (Å²) in [6.45, 7) is 2.55. The molecule has 0 spiro atoms. The van der Waals surface area contributed by atoms with E-state index in [9.17, 15) is 0 Å². The van der Waals surface area contributed by atoms with Crippen LogP contribution in [-0.2, 0) is 0 Å². The number of aromatic nitrogens is 1. The molecule has 16 heavy (non-hydrogen) atoms. The largest absolute Gasteiger partial charge is 0.424 e. The number of anilines is 1. The fourth-order valence-corrected chi connectivity index (χ4v) is 1.54. The van der Waals surface area contributed by atoms with Gasteiger partial charge in [-0.25, -0.2) is 0 Å². The SMILES string of the molecule is CC(O)CCCNc1nc2ccccc2o1. The van der Waals surface area contributed by atoms with Gasteiger partial charge in [0.15, 0.2) is 5.58 Å². The van der Waals surface area contributed by atoms with Crippen LogP contribution in [0, 0.1) is 0 Å². The van der Waals surface area contributed by atoms with Crippen LogP contribution in [0.15, 0.2) is 28.7 Å². The Labute approximate surface area is 94.3 Å². The van der Waals surface area contributed by atoms with Crippen molar-refractivity contribution in [2.75, 3.05) is 11.9 Å². The number of rotatable bonds is 5. The molecule has 0 saturated carbocycles. The number of oxazole rings is 1. The maximum absolute atomic E-state index is 9.10. The van der Waals surface area contributed by atoms with E-state index in [1.165, 1.54) is 0 Å². The van der Waals surface area contributed by atoms with Crippen LogP contribution in [0.4, 0.5) is 6.01 Å². The summed E-state index contributed by atoms with van der Waals surface area (Å²) in [5.74, 6) is 0. The van der Waals surface area contributed by atoms with Gasteiger partial charge in [0.2, 0.25) is 0 Å². The van der Waals surface area contributed by atoms with Gasteiger partial charge in [-0.1, -0.05) is 12.1 Å². The molecule has 0 bridgehead atoms. The lowest BCUT2D eigenvalue weighted by Crippen LogP contribution is -2.06. The topological polar surface area (TPSA) is 58.3 Å². The van der Waals surface area contributed by atoms with Crippen LogP contribution in [0.3, 0.4) is 0 Å². The van der Waals surface area contributed by atoms with E-state index in [2.05, 4.69) is 10.3 Å². The number of aliphatic hydroxyl groups excluding tert-OH is 1. The predicted octanol–water partition coefficient (Wildman–Crippen LogP) is 2.40. The molecule has 86 valence electrons. The zero-order valence-corrected chi connectivity index (χ0v) is 9.31. The van der Waals surface area contributed by atoms with Crippen LogP contribution >= 0.6 is 0 Å². The van der Waals surface area contributed by atoms with Crippen LogP contribution < -0.4 is 5.32 Å². The molecule has 4 nitrogen and oxygen atoms in total. The standard InChI is InChI=1S/C12H16N2O2/c1-9(15)5-4-8-13-12-14-10-6-2-3-7-11(10)16-12/h2-3,6-7,9,15H,4-5,8H2,1H3,(H,13,14). The summed E-state index contributed by atoms with van der Waals surface area (Å²) in [6, 6.07) is 8.21. The van der Waals surface area contributed by atoms with E-state index < -0.39 is 0 Å². The lowest BCUT2D eigenvalue weighted by molar-refractivity contribution is 0.183. The molecule has 0 amide bonds. The molecule has 4 heteroatoms. The summed E-state index contributed by atoms with van der Waals surface area (Å²) in [5, 5.41) is 12.2. The third kappa shape index (κ3) is 2.73. The highest BCUT2D eigenvalue weighted by molar-refractivity contribution is 5.74. The van der Waals surface area contributed by atoms with Crippen molar-refractivity contribution in [1.29, 1.82) is 0 Å². The Morgan fingerprint density at radius 3 is 3.00 bits per heavy atom. The van der Waals surface area contributed by atoms with Gasteiger partial charge in [0, 0.05) is 6.54 Å². The van der Waals surface area contributed by atoms with Crippen LogP contribution in [0.1, 0.15) is 19.8 Å². The molecular weight excluding hydrogens is 204 g/mol. The van der Waals surface area contributed by atoms with Crippen LogP contribution in [-0.4, -0.2) is 22.7 Å². The van der Waals surface area contributed by atoms with E-state index in [1.54, 1.807) is 6.92 Å². The minimum absolute atomic E-state index is 0.245. The summed E-state index contributed by atoms with van der Waals surface area (Å²) in [6.07, 6.45) is 1.44. The van der Waals surface area contributed by atoms with Gasteiger partial charge in [-0.15, -0.1) is 0 Å². The molecule has 1 aromatic heterocycles. The van der Waals surface area contributed by atoms with E-state index in [0.29, 0.717) is 6.01 Å². The summed E-state index contributed by atoms with van der Waals surface area (Å²) in [7, 11) is 0. The number of nitrogens with one attached hydrogen (secondary N) is 1. The van der Waals surface area contributed by atoms with Crippen LogP contribution in [0.2, 0.25) is 0 Å². The summed E-state index contributed by atoms with van der Waals surface area (Å²) >= 11 is 0. The molecule has 2 aromatic rings. The zero-order chi connectivity index (χ0) is 11.4. The van der Waals surface area contributed by atoms with E-state index in [1.807, 2.05) is 24.3 Å².